The highest BCUT2D eigenvalue weighted by molar-refractivity contribution is 7.87. The van der Waals surface area contributed by atoms with Crippen molar-refractivity contribution < 1.29 is 9.00 Å². The standard InChI is InChI=1S/C9H10N2O2S/c12-6-7-3-4-10-9(5-7)11-14(13)8-1-2-8/h3-6,8H,1-2H2,(H,10,11). The van der Waals surface area contributed by atoms with Crippen LogP contribution in [-0.4, -0.2) is 20.7 Å². The number of hydrogen-bond acceptors (Lipinski definition) is 3. The number of anilines is 1. The summed E-state index contributed by atoms with van der Waals surface area (Å²) < 4.78 is 14.2. The highest BCUT2D eigenvalue weighted by Crippen LogP contribution is 2.26. The predicted molar refractivity (Wildman–Crippen MR) is 54.4 cm³/mol. The average Bonchev–Trinajstić information content (AvgIpc) is 3.01. The molecule has 1 heterocycles. The van der Waals surface area contributed by atoms with Crippen LogP contribution in [0.15, 0.2) is 18.3 Å². The molecule has 1 aliphatic rings. The van der Waals surface area contributed by atoms with Crippen LogP contribution in [0.3, 0.4) is 0 Å². The summed E-state index contributed by atoms with van der Waals surface area (Å²) in [6.45, 7) is 0. The molecule has 1 fully saturated rings. The molecule has 2 rings (SSSR count). The molecule has 1 atom stereocenters. The summed E-state index contributed by atoms with van der Waals surface area (Å²) in [5, 5.41) is 0.261. The highest BCUT2D eigenvalue weighted by atomic mass is 32.2. The molecule has 1 aromatic heterocycles. The fourth-order valence-electron chi connectivity index (χ4n) is 1.04. The Morgan fingerprint density at radius 3 is 3.00 bits per heavy atom. The van der Waals surface area contributed by atoms with Gasteiger partial charge in [0.15, 0.2) is 0 Å². The molecular weight excluding hydrogens is 200 g/mol. The number of aromatic nitrogens is 1. The second-order valence-corrected chi connectivity index (χ2v) is 4.66. The summed E-state index contributed by atoms with van der Waals surface area (Å²) in [6.07, 6.45) is 4.28. The van der Waals surface area contributed by atoms with E-state index in [9.17, 15) is 9.00 Å². The smallest absolute Gasteiger partial charge is 0.150 e. The molecule has 14 heavy (non-hydrogen) atoms. The summed E-state index contributed by atoms with van der Waals surface area (Å²) >= 11 is 0. The van der Waals surface area contributed by atoms with Gasteiger partial charge in [0.2, 0.25) is 0 Å². The Hall–Kier alpha value is -1.23. The first-order valence-corrected chi connectivity index (χ1v) is 5.59. The van der Waals surface area contributed by atoms with Gasteiger partial charge in [-0.05, 0) is 25.0 Å². The predicted octanol–water partition coefficient (Wildman–Crippen LogP) is 1.13. The monoisotopic (exact) mass is 210 g/mol. The van der Waals surface area contributed by atoms with Gasteiger partial charge in [-0.2, -0.15) is 0 Å². The van der Waals surface area contributed by atoms with Crippen molar-refractivity contribution in [2.45, 2.75) is 18.1 Å². The molecule has 4 nitrogen and oxygen atoms in total. The Morgan fingerprint density at radius 2 is 2.36 bits per heavy atom. The molecule has 0 saturated heterocycles. The van der Waals surface area contributed by atoms with Crippen LogP contribution in [0, 0.1) is 0 Å². The molecule has 1 aliphatic carbocycles. The fraction of sp³-hybridized carbons (Fsp3) is 0.333. The van der Waals surface area contributed by atoms with Gasteiger partial charge in [0.1, 0.15) is 23.1 Å². The van der Waals surface area contributed by atoms with Crippen molar-refractivity contribution in [3.05, 3.63) is 23.9 Å². The molecule has 0 amide bonds. The van der Waals surface area contributed by atoms with E-state index < -0.39 is 11.0 Å². The third-order valence-corrected chi connectivity index (χ3v) is 3.44. The molecule has 1 aromatic rings. The number of pyridine rings is 1. The lowest BCUT2D eigenvalue weighted by Crippen LogP contribution is -2.10. The van der Waals surface area contributed by atoms with Gasteiger partial charge in [-0.3, -0.25) is 9.52 Å². The van der Waals surface area contributed by atoms with E-state index in [-0.39, 0.29) is 5.25 Å². The second kappa shape index (κ2) is 3.88. The van der Waals surface area contributed by atoms with Crippen molar-refractivity contribution in [3.63, 3.8) is 0 Å². The molecule has 1 N–H and O–H groups in total. The van der Waals surface area contributed by atoms with Gasteiger partial charge < -0.3 is 0 Å². The van der Waals surface area contributed by atoms with E-state index in [1.165, 1.54) is 6.20 Å². The number of rotatable bonds is 4. The minimum atomic E-state index is -1.05. The van der Waals surface area contributed by atoms with Gasteiger partial charge in [-0.25, -0.2) is 9.19 Å². The van der Waals surface area contributed by atoms with Crippen LogP contribution in [0.1, 0.15) is 23.2 Å². The van der Waals surface area contributed by atoms with E-state index >= 15 is 0 Å². The number of nitrogens with one attached hydrogen (secondary N) is 1. The third-order valence-electron chi connectivity index (χ3n) is 1.95. The lowest BCUT2D eigenvalue weighted by atomic mass is 10.3. The number of carbonyl (C=O) groups is 1. The van der Waals surface area contributed by atoms with Gasteiger partial charge in [0.25, 0.3) is 0 Å². The first-order chi connectivity index (χ1) is 6.79. The lowest BCUT2D eigenvalue weighted by molar-refractivity contribution is 0.112. The van der Waals surface area contributed by atoms with Crippen LogP contribution >= 0.6 is 0 Å². The summed E-state index contributed by atoms with van der Waals surface area (Å²) in [4.78, 5) is 14.4. The molecule has 1 unspecified atom stereocenters. The first kappa shape index (κ1) is 9.33. The van der Waals surface area contributed by atoms with Gasteiger partial charge in [0, 0.05) is 11.8 Å². The van der Waals surface area contributed by atoms with Crippen LogP contribution in [-0.2, 0) is 11.0 Å². The quantitative estimate of drug-likeness (QED) is 0.758. The molecule has 0 spiro atoms. The van der Waals surface area contributed by atoms with Gasteiger partial charge in [0.05, 0.1) is 5.25 Å². The van der Waals surface area contributed by atoms with Crippen molar-refractivity contribution in [1.82, 2.24) is 4.98 Å². The van der Waals surface area contributed by atoms with Crippen molar-refractivity contribution in [3.8, 4) is 0 Å². The number of carbonyl (C=O) groups excluding carboxylic acids is 1. The van der Waals surface area contributed by atoms with Gasteiger partial charge in [-0.15, -0.1) is 0 Å². The Bertz CT molecular complexity index is 377. The van der Waals surface area contributed by atoms with Gasteiger partial charge in [-0.1, -0.05) is 0 Å². The maximum Gasteiger partial charge on any atom is 0.150 e. The zero-order valence-electron chi connectivity index (χ0n) is 7.47. The van der Waals surface area contributed by atoms with E-state index in [0.717, 1.165) is 19.1 Å². The first-order valence-electron chi connectivity index (χ1n) is 4.38. The van der Waals surface area contributed by atoms with E-state index in [1.807, 2.05) is 0 Å². The third kappa shape index (κ3) is 2.17. The minimum absolute atomic E-state index is 0.261. The van der Waals surface area contributed by atoms with Crippen molar-refractivity contribution in [2.75, 3.05) is 4.72 Å². The maximum absolute atomic E-state index is 11.4. The van der Waals surface area contributed by atoms with Crippen molar-refractivity contribution in [2.24, 2.45) is 0 Å². The fourth-order valence-corrected chi connectivity index (χ4v) is 2.09. The van der Waals surface area contributed by atoms with E-state index in [1.54, 1.807) is 12.1 Å². The van der Waals surface area contributed by atoms with E-state index in [2.05, 4.69) is 9.71 Å². The molecular formula is C9H10N2O2S. The van der Waals surface area contributed by atoms with E-state index in [4.69, 9.17) is 0 Å². The molecule has 0 aliphatic heterocycles. The molecule has 74 valence electrons. The van der Waals surface area contributed by atoms with Crippen LogP contribution in [0.4, 0.5) is 5.82 Å². The second-order valence-electron chi connectivity index (χ2n) is 3.19. The van der Waals surface area contributed by atoms with Crippen LogP contribution in [0.2, 0.25) is 0 Å². The summed E-state index contributed by atoms with van der Waals surface area (Å²) in [5.41, 5.74) is 0.537. The largest absolute Gasteiger partial charge is 0.298 e. The lowest BCUT2D eigenvalue weighted by Gasteiger charge is -2.03. The SMILES string of the molecule is O=Cc1ccnc(NS(=O)C2CC2)c1. The molecule has 5 heteroatoms. The number of aldehydes is 1. The summed E-state index contributed by atoms with van der Waals surface area (Å²) in [6, 6.07) is 3.20. The van der Waals surface area contributed by atoms with Crippen LogP contribution in [0.25, 0.3) is 0 Å². The van der Waals surface area contributed by atoms with Crippen LogP contribution in [0.5, 0.6) is 0 Å². The maximum atomic E-state index is 11.4. The molecule has 1 saturated carbocycles. The van der Waals surface area contributed by atoms with Crippen LogP contribution < -0.4 is 4.72 Å². The van der Waals surface area contributed by atoms with E-state index in [0.29, 0.717) is 11.4 Å². The minimum Gasteiger partial charge on any atom is -0.298 e. The Labute approximate surface area is 84.3 Å². The Balaban J connectivity index is 2.07. The van der Waals surface area contributed by atoms with Gasteiger partial charge >= 0.3 is 0 Å². The summed E-state index contributed by atoms with van der Waals surface area (Å²) in [5.74, 6) is 0.500. The highest BCUT2D eigenvalue weighted by Gasteiger charge is 2.28. The van der Waals surface area contributed by atoms with Crippen molar-refractivity contribution in [1.29, 1.82) is 0 Å². The van der Waals surface area contributed by atoms with Crippen molar-refractivity contribution >= 4 is 23.1 Å². The molecule has 0 bridgehead atoms. The number of hydrogen-bond donors (Lipinski definition) is 1. The molecule has 0 radical (unpaired) electrons. The Kier molecular flexibility index (Phi) is 2.58. The topological polar surface area (TPSA) is 59.1 Å². The number of nitrogens with zero attached hydrogens (tertiary/aromatic N) is 1. The average molecular weight is 210 g/mol. The zero-order chi connectivity index (χ0) is 9.97. The zero-order valence-corrected chi connectivity index (χ0v) is 8.29. The molecule has 0 aromatic carbocycles. The normalized spacial score (nSPS) is 17.4. The summed E-state index contributed by atoms with van der Waals surface area (Å²) in [7, 11) is -1.05. The Morgan fingerprint density at radius 1 is 1.57 bits per heavy atom.